The Labute approximate surface area is 118 Å². The zero-order chi connectivity index (χ0) is 14.4. The molecule has 19 heavy (non-hydrogen) atoms. The standard InChI is InChI=1S/C13H18N2O3S/c1-4-15(8-12(14)19)13(16)10-7-9(17-2)5-6-11(10)18-3/h5-7H,4,8H2,1-3H3,(H2,14,19). The number of hydrogen-bond acceptors (Lipinski definition) is 4. The van der Waals surface area contributed by atoms with Crippen LogP contribution in [0.1, 0.15) is 17.3 Å². The van der Waals surface area contributed by atoms with E-state index in [9.17, 15) is 4.79 Å². The molecule has 0 aliphatic rings. The Kier molecular flexibility index (Phi) is 5.57. The van der Waals surface area contributed by atoms with E-state index in [4.69, 9.17) is 27.4 Å². The van der Waals surface area contributed by atoms with E-state index in [1.165, 1.54) is 7.11 Å². The number of likely N-dealkylation sites (N-methyl/N-ethyl adjacent to an activating group) is 1. The number of carbonyl (C=O) groups excluding carboxylic acids is 1. The smallest absolute Gasteiger partial charge is 0.258 e. The lowest BCUT2D eigenvalue weighted by atomic mass is 10.1. The van der Waals surface area contributed by atoms with Gasteiger partial charge in [0.1, 0.15) is 11.5 Å². The predicted molar refractivity (Wildman–Crippen MR) is 77.9 cm³/mol. The van der Waals surface area contributed by atoms with Gasteiger partial charge in [-0.1, -0.05) is 12.2 Å². The van der Waals surface area contributed by atoms with Crippen LogP contribution in [0.2, 0.25) is 0 Å². The van der Waals surface area contributed by atoms with Crippen LogP contribution in [-0.4, -0.2) is 43.1 Å². The van der Waals surface area contributed by atoms with Gasteiger partial charge in [-0.25, -0.2) is 0 Å². The minimum absolute atomic E-state index is 0.189. The molecular formula is C13H18N2O3S. The molecule has 0 spiro atoms. The highest BCUT2D eigenvalue weighted by Gasteiger charge is 2.19. The number of hydrogen-bond donors (Lipinski definition) is 1. The molecule has 6 heteroatoms. The number of amides is 1. The number of methoxy groups -OCH3 is 2. The second-order valence-corrected chi connectivity index (χ2v) is 4.38. The Morgan fingerprint density at radius 3 is 2.53 bits per heavy atom. The van der Waals surface area contributed by atoms with E-state index in [0.717, 1.165) is 0 Å². The molecule has 104 valence electrons. The molecule has 0 aromatic heterocycles. The topological polar surface area (TPSA) is 64.8 Å². The highest BCUT2D eigenvalue weighted by atomic mass is 32.1. The molecule has 0 aliphatic carbocycles. The van der Waals surface area contributed by atoms with Crippen molar-refractivity contribution in [2.45, 2.75) is 6.92 Å². The predicted octanol–water partition coefficient (Wildman–Crippen LogP) is 1.45. The Morgan fingerprint density at radius 2 is 2.05 bits per heavy atom. The van der Waals surface area contributed by atoms with Crippen molar-refractivity contribution in [1.82, 2.24) is 4.90 Å². The lowest BCUT2D eigenvalue weighted by Gasteiger charge is -2.21. The van der Waals surface area contributed by atoms with Gasteiger partial charge in [0.05, 0.1) is 31.3 Å². The van der Waals surface area contributed by atoms with Gasteiger partial charge in [-0.3, -0.25) is 4.79 Å². The van der Waals surface area contributed by atoms with Crippen LogP contribution in [0.3, 0.4) is 0 Å². The Balaban J connectivity index is 3.11. The van der Waals surface area contributed by atoms with Crippen LogP contribution in [0.4, 0.5) is 0 Å². The van der Waals surface area contributed by atoms with Gasteiger partial charge in [-0.2, -0.15) is 0 Å². The molecule has 0 bridgehead atoms. The first-order valence-corrected chi connectivity index (χ1v) is 6.23. The van der Waals surface area contributed by atoms with Crippen molar-refractivity contribution in [2.75, 3.05) is 27.3 Å². The van der Waals surface area contributed by atoms with E-state index in [1.54, 1.807) is 30.2 Å². The molecule has 1 aromatic carbocycles. The van der Waals surface area contributed by atoms with Crippen molar-refractivity contribution in [3.63, 3.8) is 0 Å². The average Bonchev–Trinajstić information content (AvgIpc) is 2.42. The number of nitrogens with two attached hydrogens (primary N) is 1. The summed E-state index contributed by atoms with van der Waals surface area (Å²) in [6.07, 6.45) is 0. The second-order valence-electron chi connectivity index (χ2n) is 3.85. The van der Waals surface area contributed by atoms with Gasteiger partial charge >= 0.3 is 0 Å². The van der Waals surface area contributed by atoms with Gasteiger partial charge in [0.2, 0.25) is 0 Å². The maximum absolute atomic E-state index is 12.4. The van der Waals surface area contributed by atoms with Crippen molar-refractivity contribution in [3.8, 4) is 11.5 Å². The number of benzene rings is 1. The third-order valence-electron chi connectivity index (χ3n) is 2.65. The molecule has 5 nitrogen and oxygen atoms in total. The summed E-state index contributed by atoms with van der Waals surface area (Å²) in [4.78, 5) is 14.3. The minimum Gasteiger partial charge on any atom is -0.497 e. The van der Waals surface area contributed by atoms with Gasteiger partial charge in [-0.05, 0) is 25.1 Å². The first-order valence-electron chi connectivity index (χ1n) is 5.83. The Bertz CT molecular complexity index is 477. The van der Waals surface area contributed by atoms with E-state index >= 15 is 0 Å². The van der Waals surface area contributed by atoms with Crippen LogP contribution in [-0.2, 0) is 0 Å². The molecule has 0 atom stereocenters. The number of ether oxygens (including phenoxy) is 2. The van der Waals surface area contributed by atoms with Crippen molar-refractivity contribution in [1.29, 1.82) is 0 Å². The van der Waals surface area contributed by atoms with Crippen LogP contribution in [0, 0.1) is 0 Å². The summed E-state index contributed by atoms with van der Waals surface area (Å²) in [5, 5.41) is 0. The van der Waals surface area contributed by atoms with Gasteiger partial charge in [0.15, 0.2) is 0 Å². The van der Waals surface area contributed by atoms with Gasteiger partial charge in [0.25, 0.3) is 5.91 Å². The molecule has 0 aliphatic heterocycles. The third kappa shape index (κ3) is 3.82. The lowest BCUT2D eigenvalue weighted by Crippen LogP contribution is -2.37. The van der Waals surface area contributed by atoms with E-state index < -0.39 is 0 Å². The summed E-state index contributed by atoms with van der Waals surface area (Å²) < 4.78 is 10.3. The molecule has 0 radical (unpaired) electrons. The maximum Gasteiger partial charge on any atom is 0.258 e. The number of thiocarbonyl (C=S) groups is 1. The monoisotopic (exact) mass is 282 g/mol. The Morgan fingerprint density at radius 1 is 1.37 bits per heavy atom. The number of rotatable bonds is 6. The summed E-state index contributed by atoms with van der Waals surface area (Å²) in [6, 6.07) is 5.07. The molecule has 0 heterocycles. The molecule has 1 aromatic rings. The highest BCUT2D eigenvalue weighted by molar-refractivity contribution is 7.80. The van der Waals surface area contributed by atoms with Crippen molar-refractivity contribution in [3.05, 3.63) is 23.8 Å². The van der Waals surface area contributed by atoms with Gasteiger partial charge < -0.3 is 20.1 Å². The van der Waals surface area contributed by atoms with Gasteiger partial charge in [0, 0.05) is 6.54 Å². The summed E-state index contributed by atoms with van der Waals surface area (Å²) in [6.45, 7) is 2.62. The van der Waals surface area contributed by atoms with Gasteiger partial charge in [-0.15, -0.1) is 0 Å². The first-order chi connectivity index (χ1) is 9.03. The van der Waals surface area contributed by atoms with Crippen molar-refractivity contribution < 1.29 is 14.3 Å². The molecule has 1 amide bonds. The van der Waals surface area contributed by atoms with Crippen LogP contribution in [0.5, 0.6) is 11.5 Å². The molecule has 2 N–H and O–H groups in total. The molecular weight excluding hydrogens is 264 g/mol. The summed E-state index contributed by atoms with van der Waals surface area (Å²) in [5.74, 6) is 0.897. The van der Waals surface area contributed by atoms with Crippen molar-refractivity contribution in [2.24, 2.45) is 5.73 Å². The van der Waals surface area contributed by atoms with Crippen LogP contribution >= 0.6 is 12.2 Å². The summed E-state index contributed by atoms with van der Waals surface area (Å²) in [7, 11) is 3.06. The zero-order valence-electron chi connectivity index (χ0n) is 11.3. The normalized spacial score (nSPS) is 9.84. The van der Waals surface area contributed by atoms with Crippen molar-refractivity contribution >= 4 is 23.1 Å². The van der Waals surface area contributed by atoms with Crippen LogP contribution in [0.25, 0.3) is 0 Å². The number of carbonyl (C=O) groups is 1. The number of nitrogens with zero attached hydrogens (tertiary/aromatic N) is 1. The highest BCUT2D eigenvalue weighted by Crippen LogP contribution is 2.25. The summed E-state index contributed by atoms with van der Waals surface area (Å²) in [5.41, 5.74) is 5.92. The molecule has 0 saturated heterocycles. The quantitative estimate of drug-likeness (QED) is 0.800. The van der Waals surface area contributed by atoms with E-state index in [2.05, 4.69) is 0 Å². The molecule has 1 rings (SSSR count). The fraction of sp³-hybridized carbons (Fsp3) is 0.385. The van der Waals surface area contributed by atoms with E-state index in [0.29, 0.717) is 23.6 Å². The summed E-state index contributed by atoms with van der Waals surface area (Å²) >= 11 is 4.85. The maximum atomic E-state index is 12.4. The molecule has 0 unspecified atom stereocenters. The largest absolute Gasteiger partial charge is 0.497 e. The lowest BCUT2D eigenvalue weighted by molar-refractivity contribution is 0.0784. The van der Waals surface area contributed by atoms with E-state index in [1.807, 2.05) is 6.92 Å². The minimum atomic E-state index is -0.189. The Hall–Kier alpha value is -1.82. The first kappa shape index (κ1) is 15.2. The van der Waals surface area contributed by atoms with E-state index in [-0.39, 0.29) is 17.4 Å². The third-order valence-corrected chi connectivity index (χ3v) is 2.78. The average molecular weight is 282 g/mol. The second kappa shape index (κ2) is 6.94. The molecule has 0 fully saturated rings. The molecule has 0 saturated carbocycles. The fourth-order valence-electron chi connectivity index (χ4n) is 1.67. The zero-order valence-corrected chi connectivity index (χ0v) is 12.1. The fourth-order valence-corrected chi connectivity index (χ4v) is 1.82. The van der Waals surface area contributed by atoms with Crippen LogP contribution < -0.4 is 15.2 Å². The SMILES string of the molecule is CCN(CC(N)=S)C(=O)c1cc(OC)ccc1OC. The van der Waals surface area contributed by atoms with Crippen LogP contribution in [0.15, 0.2) is 18.2 Å².